The molecule has 10 heteroatoms. The van der Waals surface area contributed by atoms with E-state index < -0.39 is 11.7 Å². The minimum atomic E-state index is -4.48. The molecule has 0 aliphatic carbocycles. The normalized spacial score (nSPS) is 15.6. The van der Waals surface area contributed by atoms with Gasteiger partial charge in [-0.3, -0.25) is 0 Å². The Labute approximate surface area is 243 Å². The van der Waals surface area contributed by atoms with Crippen molar-refractivity contribution in [2.45, 2.75) is 79.4 Å². The molecule has 1 aliphatic rings. The number of aromatic nitrogens is 4. The zero-order valence-corrected chi connectivity index (χ0v) is 25.7. The van der Waals surface area contributed by atoms with Gasteiger partial charge in [-0.15, -0.1) is 0 Å². The maximum atomic E-state index is 13.5. The molecule has 226 valence electrons. The van der Waals surface area contributed by atoms with E-state index in [0.717, 1.165) is 38.3 Å². The molecule has 0 N–H and O–H groups in total. The Balaban J connectivity index is 0.00000287. The van der Waals surface area contributed by atoms with Crippen LogP contribution in [0.3, 0.4) is 0 Å². The van der Waals surface area contributed by atoms with E-state index in [1.54, 1.807) is 7.05 Å². The van der Waals surface area contributed by atoms with Crippen LogP contribution >= 0.6 is 0 Å². The van der Waals surface area contributed by atoms with E-state index in [1.807, 2.05) is 38.7 Å². The third kappa shape index (κ3) is 9.30. The highest BCUT2D eigenvalue weighted by Crippen LogP contribution is 2.34. The lowest BCUT2D eigenvalue weighted by Gasteiger charge is -2.28. The number of hydrogen-bond acceptors (Lipinski definition) is 7. The largest absolute Gasteiger partial charge is 0.419 e. The lowest BCUT2D eigenvalue weighted by Crippen LogP contribution is -2.36. The Morgan fingerprint density at radius 3 is 2.49 bits per heavy atom. The highest BCUT2D eigenvalue weighted by molar-refractivity contribution is 5.68. The number of nitrogens with zero attached hydrogens (tertiary/aromatic N) is 7. The van der Waals surface area contributed by atoms with Gasteiger partial charge in [0.15, 0.2) is 5.82 Å². The first-order valence-electron chi connectivity index (χ1n) is 14.6. The molecular formula is C31H46F3N7. The first-order valence-corrected chi connectivity index (χ1v) is 14.6. The third-order valence-corrected chi connectivity index (χ3v) is 7.09. The molecule has 0 saturated carbocycles. The van der Waals surface area contributed by atoms with Crippen molar-refractivity contribution in [2.75, 3.05) is 47.9 Å². The van der Waals surface area contributed by atoms with Gasteiger partial charge in [0.25, 0.3) is 0 Å². The summed E-state index contributed by atoms with van der Waals surface area (Å²) in [7, 11) is 1.61. The van der Waals surface area contributed by atoms with Gasteiger partial charge in [0.05, 0.1) is 5.56 Å². The van der Waals surface area contributed by atoms with E-state index in [1.165, 1.54) is 22.7 Å². The van der Waals surface area contributed by atoms with E-state index >= 15 is 0 Å². The van der Waals surface area contributed by atoms with Gasteiger partial charge in [0.1, 0.15) is 5.82 Å². The van der Waals surface area contributed by atoms with E-state index in [-0.39, 0.29) is 5.82 Å². The van der Waals surface area contributed by atoms with Gasteiger partial charge in [0.2, 0.25) is 11.9 Å². The van der Waals surface area contributed by atoms with E-state index in [9.17, 15) is 13.2 Å². The summed E-state index contributed by atoms with van der Waals surface area (Å²) in [6, 6.07) is 2.66. The number of rotatable bonds is 12. The van der Waals surface area contributed by atoms with Crippen LogP contribution < -0.4 is 14.7 Å². The van der Waals surface area contributed by atoms with Gasteiger partial charge < -0.3 is 14.7 Å². The van der Waals surface area contributed by atoms with Crippen LogP contribution in [-0.4, -0.2) is 59.2 Å². The van der Waals surface area contributed by atoms with E-state index in [2.05, 4.69) is 42.5 Å². The minimum Gasteiger partial charge on any atom is -0.357 e. The van der Waals surface area contributed by atoms with E-state index in [0.29, 0.717) is 49.0 Å². The van der Waals surface area contributed by atoms with Crippen molar-refractivity contribution in [1.29, 1.82) is 0 Å². The van der Waals surface area contributed by atoms with Crippen LogP contribution in [0.1, 0.15) is 78.6 Å². The zero-order valence-electron chi connectivity index (χ0n) is 25.7. The Morgan fingerprint density at radius 1 is 1.17 bits per heavy atom. The highest BCUT2D eigenvalue weighted by atomic mass is 19.4. The molecule has 3 heterocycles. The fraction of sp³-hybridized carbons (Fsp3) is 0.548. The smallest absolute Gasteiger partial charge is 0.357 e. The zero-order chi connectivity index (χ0) is 30.6. The van der Waals surface area contributed by atoms with Crippen LogP contribution in [0, 0.1) is 0 Å². The van der Waals surface area contributed by atoms with Crippen molar-refractivity contribution in [1.82, 2.24) is 19.9 Å². The van der Waals surface area contributed by atoms with Crippen molar-refractivity contribution in [3.8, 4) is 0 Å². The molecule has 2 aromatic heterocycles. The lowest BCUT2D eigenvalue weighted by atomic mass is 10.1. The number of halogens is 3. The van der Waals surface area contributed by atoms with Crippen molar-refractivity contribution in [3.63, 3.8) is 0 Å². The van der Waals surface area contributed by atoms with Crippen LogP contribution in [0.4, 0.5) is 30.9 Å². The Kier molecular flexibility index (Phi) is 13.3. The molecule has 1 unspecified atom stereocenters. The van der Waals surface area contributed by atoms with Crippen molar-refractivity contribution < 1.29 is 13.2 Å². The summed E-state index contributed by atoms with van der Waals surface area (Å²) in [5.41, 5.74) is 1.27. The van der Waals surface area contributed by atoms with Gasteiger partial charge >= 0.3 is 6.18 Å². The monoisotopic (exact) mass is 573 g/mol. The summed E-state index contributed by atoms with van der Waals surface area (Å²) in [6.07, 6.45) is 6.98. The van der Waals surface area contributed by atoms with Gasteiger partial charge in [-0.1, -0.05) is 51.2 Å². The van der Waals surface area contributed by atoms with Gasteiger partial charge in [0, 0.05) is 51.0 Å². The summed E-state index contributed by atoms with van der Waals surface area (Å²) in [5, 5.41) is 0. The molecule has 7 nitrogen and oxygen atoms in total. The fourth-order valence-corrected chi connectivity index (χ4v) is 4.59. The average molecular weight is 574 g/mol. The van der Waals surface area contributed by atoms with Crippen molar-refractivity contribution in [3.05, 3.63) is 60.1 Å². The second kappa shape index (κ2) is 16.1. The number of likely N-dealkylation sites (N-methyl/N-ethyl adjacent to an activating group) is 2. The first-order chi connectivity index (χ1) is 19.6. The van der Waals surface area contributed by atoms with Crippen molar-refractivity contribution >= 4 is 23.3 Å². The lowest BCUT2D eigenvalue weighted by molar-refractivity contribution is -0.137. The number of hydrogen-bond donors (Lipinski definition) is 0. The molecule has 1 aliphatic heterocycles. The minimum absolute atomic E-state index is 0.102. The molecule has 1 saturated heterocycles. The highest BCUT2D eigenvalue weighted by Gasteiger charge is 2.35. The summed E-state index contributed by atoms with van der Waals surface area (Å²) in [5.74, 6) is 1.49. The van der Waals surface area contributed by atoms with Crippen LogP contribution in [0.2, 0.25) is 0 Å². The number of alkyl halides is 3. The van der Waals surface area contributed by atoms with Crippen LogP contribution in [-0.2, 0) is 6.18 Å². The molecule has 0 aromatic carbocycles. The summed E-state index contributed by atoms with van der Waals surface area (Å²) in [4.78, 5) is 24.0. The third-order valence-electron chi connectivity index (χ3n) is 7.09. The predicted octanol–water partition coefficient (Wildman–Crippen LogP) is 7.58. The Hall–Kier alpha value is -3.43. The second-order valence-electron chi connectivity index (χ2n) is 9.75. The molecule has 3 rings (SSSR count). The van der Waals surface area contributed by atoms with Gasteiger partial charge in [-0.05, 0) is 58.6 Å². The van der Waals surface area contributed by atoms with Crippen LogP contribution in [0.25, 0.3) is 5.57 Å². The molecule has 1 fully saturated rings. The molecule has 0 bridgehead atoms. The number of pyridine rings is 1. The standard InChI is InChI=1S/C29H40F3N7.C2H6/c1-7-23(8-2)15-10-13-21(4)25-34-27(36-28(35-25)39-18-12-14-22(39)5)38(9-3)20-19-37(6)26-24(29(30,31)32)16-11-17-33-26;1-2/h7,10-11,13,16-17,22H,4,8-9,12,14-15,18-20H2,1-3,5-6H3;1-2H3/b13-10-,23-7-;. The topological polar surface area (TPSA) is 61.3 Å². The van der Waals surface area contributed by atoms with Gasteiger partial charge in [-0.25, -0.2) is 4.98 Å². The quantitative estimate of drug-likeness (QED) is 0.192. The molecule has 0 spiro atoms. The molecular weight excluding hydrogens is 527 g/mol. The maximum Gasteiger partial charge on any atom is 0.419 e. The summed E-state index contributed by atoms with van der Waals surface area (Å²) in [6.45, 7) is 18.7. The first kappa shape index (κ1) is 33.8. The number of allylic oxidation sites excluding steroid dienone is 5. The molecule has 0 amide bonds. The van der Waals surface area contributed by atoms with Crippen LogP contribution in [0.5, 0.6) is 0 Å². The average Bonchev–Trinajstić information content (AvgIpc) is 3.41. The summed E-state index contributed by atoms with van der Waals surface area (Å²) < 4.78 is 40.6. The Bertz CT molecular complexity index is 1180. The molecule has 41 heavy (non-hydrogen) atoms. The van der Waals surface area contributed by atoms with Crippen molar-refractivity contribution in [2.24, 2.45) is 0 Å². The molecule has 1 atom stereocenters. The summed E-state index contributed by atoms with van der Waals surface area (Å²) >= 11 is 0. The SMILES string of the molecule is C=C(/C=C\C/C(=C\C)CC)c1nc(N(CC)CCN(C)c2ncccc2C(F)(F)F)nc(N2CCCC2C)n1.CC. The predicted molar refractivity (Wildman–Crippen MR) is 164 cm³/mol. The molecule has 0 radical (unpaired) electrons. The van der Waals surface area contributed by atoms with Crippen LogP contribution in [0.15, 0.2) is 48.7 Å². The fourth-order valence-electron chi connectivity index (χ4n) is 4.59. The maximum absolute atomic E-state index is 13.5. The Morgan fingerprint density at radius 2 is 1.90 bits per heavy atom. The van der Waals surface area contributed by atoms with E-state index in [4.69, 9.17) is 15.0 Å². The molecule has 2 aromatic rings. The van der Waals surface area contributed by atoms with Gasteiger partial charge in [-0.2, -0.15) is 28.1 Å². The second-order valence-corrected chi connectivity index (χ2v) is 9.75. The number of anilines is 3.